The van der Waals surface area contributed by atoms with Gasteiger partial charge in [0.15, 0.2) is 0 Å². The summed E-state index contributed by atoms with van der Waals surface area (Å²) in [5.41, 5.74) is 1.29. The van der Waals surface area contributed by atoms with Crippen molar-refractivity contribution >= 4 is 17.3 Å². The number of carbonyl (C=O) groups is 1. The van der Waals surface area contributed by atoms with Crippen molar-refractivity contribution in [2.45, 2.75) is 6.42 Å². The highest BCUT2D eigenvalue weighted by Gasteiger charge is 2.16. The minimum atomic E-state index is -1.04. The van der Waals surface area contributed by atoms with Crippen LogP contribution >= 0.6 is 0 Å². The zero-order valence-corrected chi connectivity index (χ0v) is 11.0. The average molecular weight is 265 g/mol. The third-order valence-electron chi connectivity index (χ3n) is 3.26. The molecule has 0 amide bonds. The van der Waals surface area contributed by atoms with E-state index in [1.54, 1.807) is 12.1 Å². The molecule has 6 heteroatoms. The monoisotopic (exact) mass is 265 g/mol. The van der Waals surface area contributed by atoms with E-state index in [1.807, 2.05) is 6.07 Å². The van der Waals surface area contributed by atoms with Crippen LogP contribution in [0.3, 0.4) is 0 Å². The van der Waals surface area contributed by atoms with Crippen LogP contribution in [-0.4, -0.2) is 49.5 Å². The lowest BCUT2D eigenvalue weighted by atomic mass is 10.1. The van der Waals surface area contributed by atoms with Crippen molar-refractivity contribution in [3.8, 4) is 0 Å². The molecular formula is C13H19N3O3. The quantitative estimate of drug-likeness (QED) is 0.708. The fraction of sp³-hybridized carbons (Fsp3) is 0.462. The molecule has 1 saturated heterocycles. The fourth-order valence-electron chi connectivity index (χ4n) is 2.28. The standard InChI is InChI=1S/C13H19N3O3/c1-15(19)12-4-3-10(9-11(12)13(17)18)16-7-2-5-14-6-8-16/h3-4,9,14,19H,2,5-8H2,1H3,(H,17,18). The van der Waals surface area contributed by atoms with Crippen molar-refractivity contribution in [1.29, 1.82) is 0 Å². The number of hydrogen-bond acceptors (Lipinski definition) is 5. The first-order valence-electron chi connectivity index (χ1n) is 6.35. The lowest BCUT2D eigenvalue weighted by Gasteiger charge is -2.24. The summed E-state index contributed by atoms with van der Waals surface area (Å²) in [6.45, 7) is 3.64. The highest BCUT2D eigenvalue weighted by atomic mass is 16.5. The molecule has 1 heterocycles. The molecule has 0 bridgehead atoms. The number of anilines is 2. The van der Waals surface area contributed by atoms with E-state index in [2.05, 4.69) is 10.2 Å². The van der Waals surface area contributed by atoms with Crippen LogP contribution in [0.1, 0.15) is 16.8 Å². The molecule has 0 aliphatic carbocycles. The van der Waals surface area contributed by atoms with Gasteiger partial charge in [0.2, 0.25) is 0 Å². The van der Waals surface area contributed by atoms with E-state index in [0.29, 0.717) is 5.69 Å². The molecule has 1 aromatic rings. The molecule has 0 aromatic heterocycles. The zero-order valence-electron chi connectivity index (χ0n) is 11.0. The first kappa shape index (κ1) is 13.6. The third kappa shape index (κ3) is 3.15. The third-order valence-corrected chi connectivity index (χ3v) is 3.26. The van der Waals surface area contributed by atoms with E-state index in [-0.39, 0.29) is 5.56 Å². The lowest BCUT2D eigenvalue weighted by Crippen LogP contribution is -2.28. The number of rotatable bonds is 3. The highest BCUT2D eigenvalue weighted by molar-refractivity contribution is 5.95. The van der Waals surface area contributed by atoms with Crippen LogP contribution in [0.4, 0.5) is 11.4 Å². The van der Waals surface area contributed by atoms with Crippen molar-refractivity contribution in [2.75, 3.05) is 43.2 Å². The van der Waals surface area contributed by atoms with Crippen LogP contribution in [-0.2, 0) is 0 Å². The topological polar surface area (TPSA) is 76.0 Å². The molecule has 1 aromatic carbocycles. The number of aromatic carboxylic acids is 1. The molecular weight excluding hydrogens is 246 g/mol. The maximum Gasteiger partial charge on any atom is 0.337 e. The number of hydrogen-bond donors (Lipinski definition) is 3. The van der Waals surface area contributed by atoms with Crippen molar-refractivity contribution in [3.05, 3.63) is 23.8 Å². The Labute approximate surface area is 112 Å². The molecule has 3 N–H and O–H groups in total. The van der Waals surface area contributed by atoms with E-state index in [9.17, 15) is 15.1 Å². The van der Waals surface area contributed by atoms with Gasteiger partial charge in [-0.1, -0.05) is 0 Å². The number of benzene rings is 1. The van der Waals surface area contributed by atoms with Gasteiger partial charge >= 0.3 is 5.97 Å². The van der Waals surface area contributed by atoms with Crippen molar-refractivity contribution in [3.63, 3.8) is 0 Å². The van der Waals surface area contributed by atoms with Gasteiger partial charge < -0.3 is 15.3 Å². The van der Waals surface area contributed by atoms with Crippen molar-refractivity contribution in [2.24, 2.45) is 0 Å². The zero-order chi connectivity index (χ0) is 13.8. The normalized spacial score (nSPS) is 16.0. The molecule has 1 aliphatic rings. The Morgan fingerprint density at radius 3 is 2.84 bits per heavy atom. The molecule has 1 aliphatic heterocycles. The maximum atomic E-state index is 11.3. The first-order valence-corrected chi connectivity index (χ1v) is 6.35. The Kier molecular flexibility index (Phi) is 4.24. The van der Waals surface area contributed by atoms with Crippen LogP contribution in [0.2, 0.25) is 0 Å². The van der Waals surface area contributed by atoms with Gasteiger partial charge in [-0.25, -0.2) is 4.79 Å². The summed E-state index contributed by atoms with van der Waals surface area (Å²) in [6, 6.07) is 5.10. The second kappa shape index (κ2) is 5.90. The molecule has 104 valence electrons. The molecule has 6 nitrogen and oxygen atoms in total. The maximum absolute atomic E-state index is 11.3. The van der Waals surface area contributed by atoms with Crippen LogP contribution in [0.5, 0.6) is 0 Å². The number of nitrogens with one attached hydrogen (secondary N) is 1. The van der Waals surface area contributed by atoms with E-state index in [1.165, 1.54) is 7.05 Å². The largest absolute Gasteiger partial charge is 0.478 e. The summed E-state index contributed by atoms with van der Waals surface area (Å²) in [5.74, 6) is -1.04. The van der Waals surface area contributed by atoms with Crippen LogP contribution in [0, 0.1) is 0 Å². The van der Waals surface area contributed by atoms with Gasteiger partial charge in [0.1, 0.15) is 0 Å². The van der Waals surface area contributed by atoms with E-state index < -0.39 is 5.97 Å². The average Bonchev–Trinajstić information content (AvgIpc) is 2.66. The molecule has 19 heavy (non-hydrogen) atoms. The van der Waals surface area contributed by atoms with E-state index in [4.69, 9.17) is 0 Å². The summed E-state index contributed by atoms with van der Waals surface area (Å²) < 4.78 is 0. The summed E-state index contributed by atoms with van der Waals surface area (Å²) in [4.78, 5) is 13.4. The fourth-order valence-corrected chi connectivity index (χ4v) is 2.28. The number of carboxylic acid groups (broad SMARTS) is 1. The lowest BCUT2D eigenvalue weighted by molar-refractivity contribution is 0.0696. The number of carboxylic acids is 1. The predicted molar refractivity (Wildman–Crippen MR) is 73.3 cm³/mol. The van der Waals surface area contributed by atoms with Gasteiger partial charge in [0, 0.05) is 32.4 Å². The highest BCUT2D eigenvalue weighted by Crippen LogP contribution is 2.25. The molecule has 2 rings (SSSR count). The summed E-state index contributed by atoms with van der Waals surface area (Å²) in [5, 5.41) is 22.8. The van der Waals surface area contributed by atoms with Gasteiger partial charge in [0.05, 0.1) is 11.3 Å². The number of nitrogens with zero attached hydrogens (tertiary/aromatic N) is 2. The SMILES string of the molecule is CN(O)c1ccc(N2CCCNCC2)cc1C(=O)O. The van der Waals surface area contributed by atoms with Crippen molar-refractivity contribution in [1.82, 2.24) is 5.32 Å². The van der Waals surface area contributed by atoms with Crippen LogP contribution < -0.4 is 15.3 Å². The Morgan fingerprint density at radius 1 is 1.37 bits per heavy atom. The molecule has 0 saturated carbocycles. The van der Waals surface area contributed by atoms with Gasteiger partial charge in [-0.05, 0) is 31.2 Å². The van der Waals surface area contributed by atoms with Gasteiger partial charge in [-0.15, -0.1) is 0 Å². The predicted octanol–water partition coefficient (Wildman–Crippen LogP) is 1.01. The summed E-state index contributed by atoms with van der Waals surface area (Å²) in [7, 11) is 1.41. The molecule has 0 spiro atoms. The van der Waals surface area contributed by atoms with Crippen molar-refractivity contribution < 1.29 is 15.1 Å². The minimum Gasteiger partial charge on any atom is -0.478 e. The molecule has 0 unspecified atom stereocenters. The Balaban J connectivity index is 2.31. The van der Waals surface area contributed by atoms with Gasteiger partial charge in [-0.3, -0.25) is 10.3 Å². The second-order valence-corrected chi connectivity index (χ2v) is 4.62. The summed E-state index contributed by atoms with van der Waals surface area (Å²) in [6.07, 6.45) is 1.03. The Morgan fingerprint density at radius 2 is 2.16 bits per heavy atom. The van der Waals surface area contributed by atoms with E-state index >= 15 is 0 Å². The first-order chi connectivity index (χ1) is 9.09. The second-order valence-electron chi connectivity index (χ2n) is 4.62. The van der Waals surface area contributed by atoms with E-state index in [0.717, 1.165) is 43.4 Å². The van der Waals surface area contributed by atoms with Crippen LogP contribution in [0.25, 0.3) is 0 Å². The van der Waals surface area contributed by atoms with Gasteiger partial charge in [-0.2, -0.15) is 0 Å². The Bertz CT molecular complexity index is 454. The molecule has 1 fully saturated rings. The van der Waals surface area contributed by atoms with Gasteiger partial charge in [0.25, 0.3) is 0 Å². The molecule has 0 radical (unpaired) electrons. The molecule has 0 atom stereocenters. The minimum absolute atomic E-state index is 0.111. The number of hydroxylamine groups is 1. The Hall–Kier alpha value is -1.79. The van der Waals surface area contributed by atoms with Crippen LogP contribution in [0.15, 0.2) is 18.2 Å². The smallest absolute Gasteiger partial charge is 0.337 e. The summed E-state index contributed by atoms with van der Waals surface area (Å²) >= 11 is 0.